The fourth-order valence-electron chi connectivity index (χ4n) is 3.26. The lowest BCUT2D eigenvalue weighted by Gasteiger charge is -2.07. The van der Waals surface area contributed by atoms with E-state index >= 15 is 0 Å². The summed E-state index contributed by atoms with van der Waals surface area (Å²) in [5, 5.41) is 0.849. The van der Waals surface area contributed by atoms with Gasteiger partial charge < -0.3 is 8.83 Å². The largest absolute Gasteiger partial charge is 0.451 e. The van der Waals surface area contributed by atoms with Gasteiger partial charge in [-0.3, -0.25) is 25.0 Å². The Kier molecular flexibility index (Phi) is 4.90. The first-order valence-electron chi connectivity index (χ1n) is 9.20. The Morgan fingerprint density at radius 3 is 2.48 bits per heavy atom. The lowest BCUT2D eigenvalue weighted by Crippen LogP contribution is -2.41. The molecule has 4 aromatic rings. The summed E-state index contributed by atoms with van der Waals surface area (Å²) < 4.78 is 12.2. The van der Waals surface area contributed by atoms with Gasteiger partial charge in [0.2, 0.25) is 5.91 Å². The van der Waals surface area contributed by atoms with Gasteiger partial charge in [0, 0.05) is 23.9 Å². The van der Waals surface area contributed by atoms with Crippen LogP contribution in [0.5, 0.6) is 0 Å². The van der Waals surface area contributed by atoms with Crippen molar-refractivity contribution in [1.82, 2.24) is 15.4 Å². The molecule has 0 atom stereocenters. The number of hydrogen-bond donors (Lipinski definition) is 2. The molecule has 2 aromatic heterocycles. The average molecular weight is 393 g/mol. The van der Waals surface area contributed by atoms with Crippen molar-refractivity contribution in [2.24, 2.45) is 0 Å². The molecule has 2 heterocycles. The minimum Gasteiger partial charge on any atom is -0.451 e. The zero-order valence-electron chi connectivity index (χ0n) is 15.7. The highest BCUT2D eigenvalue weighted by atomic mass is 16.4. The van der Waals surface area contributed by atoms with Crippen molar-refractivity contribution in [3.05, 3.63) is 70.4 Å². The quantitative estimate of drug-likeness (QED) is 0.507. The highest BCUT2D eigenvalue weighted by Gasteiger charge is 2.18. The Hall–Kier alpha value is -3.81. The Morgan fingerprint density at radius 1 is 0.966 bits per heavy atom. The molecule has 0 saturated heterocycles. The van der Waals surface area contributed by atoms with Crippen LogP contribution in [0.1, 0.15) is 29.0 Å². The van der Waals surface area contributed by atoms with E-state index in [9.17, 15) is 14.4 Å². The maximum Gasteiger partial charge on any atom is 0.419 e. The molecule has 2 amide bonds. The molecule has 8 nitrogen and oxygen atoms in total. The third kappa shape index (κ3) is 3.64. The molecule has 0 aliphatic heterocycles. The molecular weight excluding hydrogens is 374 g/mol. The van der Waals surface area contributed by atoms with E-state index in [4.69, 9.17) is 8.83 Å². The monoisotopic (exact) mass is 393 g/mol. The van der Waals surface area contributed by atoms with Gasteiger partial charge in [0.15, 0.2) is 11.3 Å². The maximum atomic E-state index is 12.3. The number of para-hydroxylation sites is 3. The topological polar surface area (TPSA) is 106 Å². The number of aryl methyl sites for hydroxylation is 2. The molecule has 0 aliphatic carbocycles. The Balaban J connectivity index is 1.32. The number of amides is 2. The first-order valence-corrected chi connectivity index (χ1v) is 9.20. The first kappa shape index (κ1) is 18.5. The smallest absolute Gasteiger partial charge is 0.419 e. The number of fused-ring (bicyclic) bond motifs is 2. The molecule has 8 heteroatoms. The number of nitrogens with one attached hydrogen (secondary N) is 2. The van der Waals surface area contributed by atoms with Crippen LogP contribution in [0.25, 0.3) is 22.1 Å². The van der Waals surface area contributed by atoms with Crippen LogP contribution in [0, 0.1) is 6.92 Å². The number of furan rings is 1. The number of aromatic nitrogens is 1. The Bertz CT molecular complexity index is 1260. The third-order valence-corrected chi connectivity index (χ3v) is 4.72. The number of oxazole rings is 1. The highest BCUT2D eigenvalue weighted by Crippen LogP contribution is 2.24. The minimum absolute atomic E-state index is 0.130. The maximum absolute atomic E-state index is 12.3. The van der Waals surface area contributed by atoms with Crippen molar-refractivity contribution in [1.29, 1.82) is 0 Å². The standard InChI is InChI=1S/C21H19N3O5/c1-13-14-7-2-4-9-16(14)28-19(13)20(26)23-22-18(25)11-6-12-24-15-8-3-5-10-17(15)29-21(24)27/h2-5,7-10H,6,11-12H2,1H3,(H,22,25)(H,23,26). The zero-order valence-corrected chi connectivity index (χ0v) is 15.7. The van der Waals surface area contributed by atoms with Crippen LogP contribution in [-0.4, -0.2) is 16.4 Å². The summed E-state index contributed by atoms with van der Waals surface area (Å²) in [6, 6.07) is 14.4. The molecule has 2 N–H and O–H groups in total. The molecule has 4 rings (SSSR count). The van der Waals surface area contributed by atoms with Gasteiger partial charge in [-0.15, -0.1) is 0 Å². The van der Waals surface area contributed by atoms with Crippen LogP contribution >= 0.6 is 0 Å². The van der Waals surface area contributed by atoms with Crippen molar-refractivity contribution in [2.45, 2.75) is 26.3 Å². The molecule has 0 unspecified atom stereocenters. The summed E-state index contributed by atoms with van der Waals surface area (Å²) in [6.45, 7) is 2.12. The summed E-state index contributed by atoms with van der Waals surface area (Å²) in [4.78, 5) is 36.3. The lowest BCUT2D eigenvalue weighted by atomic mass is 10.1. The molecule has 0 fully saturated rings. The lowest BCUT2D eigenvalue weighted by molar-refractivity contribution is -0.122. The van der Waals surface area contributed by atoms with E-state index in [1.807, 2.05) is 24.3 Å². The van der Waals surface area contributed by atoms with Gasteiger partial charge >= 0.3 is 11.7 Å². The van der Waals surface area contributed by atoms with Gasteiger partial charge in [-0.1, -0.05) is 30.3 Å². The third-order valence-electron chi connectivity index (χ3n) is 4.72. The molecular formula is C21H19N3O5. The second-order valence-electron chi connectivity index (χ2n) is 6.65. The van der Waals surface area contributed by atoms with E-state index < -0.39 is 11.7 Å². The molecule has 0 radical (unpaired) electrons. The van der Waals surface area contributed by atoms with E-state index in [2.05, 4.69) is 10.9 Å². The number of nitrogens with zero attached hydrogens (tertiary/aromatic N) is 1. The molecule has 0 spiro atoms. The van der Waals surface area contributed by atoms with E-state index in [1.165, 1.54) is 4.57 Å². The predicted octanol–water partition coefficient (Wildman–Crippen LogP) is 2.89. The number of hydrazine groups is 1. The van der Waals surface area contributed by atoms with Crippen LogP contribution < -0.4 is 16.6 Å². The van der Waals surface area contributed by atoms with Crippen molar-refractivity contribution in [2.75, 3.05) is 0 Å². The second kappa shape index (κ2) is 7.67. The van der Waals surface area contributed by atoms with Crippen molar-refractivity contribution < 1.29 is 18.4 Å². The number of benzene rings is 2. The molecule has 0 aliphatic rings. The number of carbonyl (C=O) groups excluding carboxylic acids is 2. The van der Waals surface area contributed by atoms with Gasteiger partial charge in [-0.05, 0) is 31.5 Å². The van der Waals surface area contributed by atoms with Crippen LogP contribution in [-0.2, 0) is 11.3 Å². The van der Waals surface area contributed by atoms with Crippen molar-refractivity contribution in [3.8, 4) is 0 Å². The van der Waals surface area contributed by atoms with E-state index in [0.717, 1.165) is 5.39 Å². The SMILES string of the molecule is Cc1c(C(=O)NNC(=O)CCCn2c(=O)oc3ccccc32)oc2ccccc12. The van der Waals surface area contributed by atoms with Crippen LogP contribution in [0.4, 0.5) is 0 Å². The second-order valence-corrected chi connectivity index (χ2v) is 6.65. The Labute approximate surface area is 165 Å². The van der Waals surface area contributed by atoms with Gasteiger partial charge in [0.05, 0.1) is 5.52 Å². The fourth-order valence-corrected chi connectivity index (χ4v) is 3.26. The van der Waals surface area contributed by atoms with Crippen molar-refractivity contribution >= 4 is 33.9 Å². The fraction of sp³-hybridized carbons (Fsp3) is 0.190. The number of carbonyl (C=O) groups is 2. The summed E-state index contributed by atoms with van der Waals surface area (Å²) in [5.41, 5.74) is 7.25. The number of hydrogen-bond acceptors (Lipinski definition) is 5. The van der Waals surface area contributed by atoms with Gasteiger partial charge in [0.1, 0.15) is 5.58 Å². The van der Waals surface area contributed by atoms with E-state index in [-0.39, 0.29) is 18.1 Å². The predicted molar refractivity (Wildman–Crippen MR) is 106 cm³/mol. The van der Waals surface area contributed by atoms with Crippen molar-refractivity contribution in [3.63, 3.8) is 0 Å². The molecule has 0 bridgehead atoms. The van der Waals surface area contributed by atoms with E-state index in [0.29, 0.717) is 35.2 Å². The van der Waals surface area contributed by atoms with Gasteiger partial charge in [0.25, 0.3) is 0 Å². The molecule has 2 aromatic carbocycles. The van der Waals surface area contributed by atoms with Gasteiger partial charge in [-0.25, -0.2) is 4.79 Å². The van der Waals surface area contributed by atoms with E-state index in [1.54, 1.807) is 31.2 Å². The Morgan fingerprint density at radius 2 is 1.69 bits per heavy atom. The number of rotatable bonds is 5. The summed E-state index contributed by atoms with van der Waals surface area (Å²) in [7, 11) is 0. The summed E-state index contributed by atoms with van der Waals surface area (Å²) in [6.07, 6.45) is 0.542. The first-order chi connectivity index (χ1) is 14.0. The highest BCUT2D eigenvalue weighted by molar-refractivity contribution is 5.99. The normalized spacial score (nSPS) is 11.1. The van der Waals surface area contributed by atoms with Gasteiger partial charge in [-0.2, -0.15) is 0 Å². The summed E-state index contributed by atoms with van der Waals surface area (Å²) in [5.74, 6) is -1.19. The van der Waals surface area contributed by atoms with Crippen LogP contribution in [0.2, 0.25) is 0 Å². The average Bonchev–Trinajstić information content (AvgIpc) is 3.23. The zero-order chi connectivity index (χ0) is 20.4. The van der Waals surface area contributed by atoms with Crippen LogP contribution in [0.15, 0.2) is 62.2 Å². The molecule has 148 valence electrons. The van der Waals surface area contributed by atoms with Crippen LogP contribution in [0.3, 0.4) is 0 Å². The molecule has 29 heavy (non-hydrogen) atoms. The molecule has 0 saturated carbocycles. The minimum atomic E-state index is -0.524. The summed E-state index contributed by atoms with van der Waals surface area (Å²) >= 11 is 0.